The molecule has 0 bridgehead atoms. The SMILES string of the molecule is CC(C)(C)c1ccc(Oc2c(C(F)(F)F)oc3c(C[NH+]4CCOCC4)c(O)ccc3c2=O)cc1. The fraction of sp³-hybridized carbons (Fsp3) is 0.400. The van der Waals surface area contributed by atoms with Crippen molar-refractivity contribution in [1.29, 1.82) is 0 Å². The Morgan fingerprint density at radius 2 is 1.68 bits per heavy atom. The lowest BCUT2D eigenvalue weighted by molar-refractivity contribution is -0.921. The van der Waals surface area contributed by atoms with Crippen molar-refractivity contribution >= 4 is 11.0 Å². The van der Waals surface area contributed by atoms with Gasteiger partial charge in [0.05, 0.1) is 24.2 Å². The Kier molecular flexibility index (Phi) is 6.35. The largest absolute Gasteiger partial charge is 0.507 e. The maximum absolute atomic E-state index is 14.0. The molecule has 34 heavy (non-hydrogen) atoms. The number of aromatic hydroxyl groups is 1. The fourth-order valence-corrected chi connectivity index (χ4v) is 3.96. The van der Waals surface area contributed by atoms with Gasteiger partial charge in [-0.3, -0.25) is 4.79 Å². The van der Waals surface area contributed by atoms with Crippen LogP contribution in [0.15, 0.2) is 45.6 Å². The second-order valence-electron chi connectivity index (χ2n) is 9.44. The van der Waals surface area contributed by atoms with Crippen LogP contribution in [0.3, 0.4) is 0 Å². The van der Waals surface area contributed by atoms with Crippen molar-refractivity contribution in [2.75, 3.05) is 26.3 Å². The molecule has 4 rings (SSSR count). The summed E-state index contributed by atoms with van der Waals surface area (Å²) in [5.41, 5.74) is -0.276. The quantitative estimate of drug-likeness (QED) is 0.593. The summed E-state index contributed by atoms with van der Waals surface area (Å²) < 4.78 is 58.0. The molecule has 9 heteroatoms. The molecule has 1 aliphatic rings. The number of nitrogens with one attached hydrogen (secondary N) is 1. The monoisotopic (exact) mass is 478 g/mol. The number of halogens is 3. The van der Waals surface area contributed by atoms with E-state index in [-0.39, 0.29) is 40.0 Å². The summed E-state index contributed by atoms with van der Waals surface area (Å²) >= 11 is 0. The normalized spacial score (nSPS) is 15.6. The molecule has 3 aromatic rings. The van der Waals surface area contributed by atoms with Gasteiger partial charge in [0.25, 0.3) is 5.76 Å². The molecule has 1 aliphatic heterocycles. The van der Waals surface area contributed by atoms with E-state index in [0.717, 1.165) is 10.5 Å². The number of phenols is 1. The summed E-state index contributed by atoms with van der Waals surface area (Å²) in [6.45, 7) is 8.48. The van der Waals surface area contributed by atoms with E-state index in [9.17, 15) is 23.1 Å². The van der Waals surface area contributed by atoms with Crippen LogP contribution in [-0.2, 0) is 22.9 Å². The van der Waals surface area contributed by atoms with Gasteiger partial charge in [0, 0.05) is 0 Å². The summed E-state index contributed by atoms with van der Waals surface area (Å²) in [6, 6.07) is 9.08. The minimum absolute atomic E-state index is 0.0851. The second-order valence-corrected chi connectivity index (χ2v) is 9.44. The summed E-state index contributed by atoms with van der Waals surface area (Å²) in [5, 5.41) is 10.3. The Hall–Kier alpha value is -3.04. The smallest absolute Gasteiger partial charge is 0.453 e. The van der Waals surface area contributed by atoms with E-state index in [1.165, 1.54) is 24.3 Å². The van der Waals surface area contributed by atoms with Crippen LogP contribution in [0, 0.1) is 0 Å². The Morgan fingerprint density at radius 3 is 2.26 bits per heavy atom. The van der Waals surface area contributed by atoms with Crippen LogP contribution in [0.25, 0.3) is 11.0 Å². The Balaban J connectivity index is 1.82. The van der Waals surface area contributed by atoms with Crippen LogP contribution in [0.5, 0.6) is 17.2 Å². The van der Waals surface area contributed by atoms with Gasteiger partial charge < -0.3 is 23.9 Å². The summed E-state index contributed by atoms with van der Waals surface area (Å²) in [6.07, 6.45) is -4.98. The highest BCUT2D eigenvalue weighted by Crippen LogP contribution is 2.40. The molecule has 2 N–H and O–H groups in total. The van der Waals surface area contributed by atoms with Crippen LogP contribution in [0.4, 0.5) is 13.2 Å². The predicted octanol–water partition coefficient (Wildman–Crippen LogP) is 4.02. The number of ether oxygens (including phenoxy) is 2. The van der Waals surface area contributed by atoms with Crippen LogP contribution in [-0.4, -0.2) is 31.4 Å². The first-order chi connectivity index (χ1) is 15.9. The van der Waals surface area contributed by atoms with Crippen LogP contribution in [0.2, 0.25) is 0 Å². The first-order valence-corrected chi connectivity index (χ1v) is 11.0. The van der Waals surface area contributed by atoms with E-state index in [2.05, 4.69) is 0 Å². The Labute approximate surface area is 194 Å². The van der Waals surface area contributed by atoms with Gasteiger partial charge in [0.2, 0.25) is 11.2 Å². The van der Waals surface area contributed by atoms with E-state index < -0.39 is 23.1 Å². The molecule has 6 nitrogen and oxygen atoms in total. The topological polar surface area (TPSA) is 73.3 Å². The first kappa shape index (κ1) is 24.1. The molecule has 2 aromatic carbocycles. The standard InChI is InChI=1S/C25H26F3NO5/c1-24(2,3)15-4-6-16(7-5-15)33-22-20(31)17-8-9-19(30)18(14-29-10-12-32-13-11-29)21(17)34-23(22)25(26,27)28/h4-9,30H,10-14H2,1-3H3/p+1. The maximum Gasteiger partial charge on any atom is 0.453 e. The Morgan fingerprint density at radius 1 is 1.03 bits per heavy atom. The molecule has 1 saturated heterocycles. The van der Waals surface area contributed by atoms with E-state index in [0.29, 0.717) is 26.3 Å². The number of quaternary nitrogens is 1. The third kappa shape index (κ3) is 4.90. The zero-order valence-electron chi connectivity index (χ0n) is 19.2. The summed E-state index contributed by atoms with van der Waals surface area (Å²) in [5.74, 6) is -2.61. The lowest BCUT2D eigenvalue weighted by atomic mass is 9.87. The fourth-order valence-electron chi connectivity index (χ4n) is 3.96. The number of hydrogen-bond donors (Lipinski definition) is 2. The molecule has 0 saturated carbocycles. The zero-order valence-corrected chi connectivity index (χ0v) is 19.2. The molecule has 0 amide bonds. The maximum atomic E-state index is 14.0. The first-order valence-electron chi connectivity index (χ1n) is 11.0. The number of alkyl halides is 3. The zero-order chi connectivity index (χ0) is 24.7. The van der Waals surface area contributed by atoms with E-state index >= 15 is 0 Å². The van der Waals surface area contributed by atoms with Crippen molar-refractivity contribution in [2.45, 2.75) is 38.9 Å². The van der Waals surface area contributed by atoms with Crippen molar-refractivity contribution in [2.24, 2.45) is 0 Å². The molecular formula is C25H27F3NO5+. The molecule has 182 valence electrons. The van der Waals surface area contributed by atoms with Gasteiger partial charge in [-0.25, -0.2) is 0 Å². The molecule has 1 fully saturated rings. The molecule has 2 heterocycles. The number of phenolic OH excluding ortho intramolecular Hbond substituents is 1. The highest BCUT2D eigenvalue weighted by Gasteiger charge is 2.41. The van der Waals surface area contributed by atoms with E-state index in [1.807, 2.05) is 20.8 Å². The molecule has 0 aliphatic carbocycles. The minimum atomic E-state index is -4.98. The minimum Gasteiger partial charge on any atom is -0.507 e. The Bertz CT molecular complexity index is 1240. The number of morpholine rings is 1. The summed E-state index contributed by atoms with van der Waals surface area (Å²) in [4.78, 5) is 14.2. The van der Waals surface area contributed by atoms with Crippen molar-refractivity contribution in [3.05, 3.63) is 63.5 Å². The average Bonchev–Trinajstić information content (AvgIpc) is 2.77. The van der Waals surface area contributed by atoms with Crippen LogP contribution in [0.1, 0.15) is 37.7 Å². The van der Waals surface area contributed by atoms with E-state index in [4.69, 9.17) is 13.9 Å². The van der Waals surface area contributed by atoms with Gasteiger partial charge >= 0.3 is 6.18 Å². The molecular weight excluding hydrogens is 451 g/mol. The van der Waals surface area contributed by atoms with Crippen LogP contribution < -0.4 is 15.1 Å². The molecule has 0 radical (unpaired) electrons. The number of rotatable bonds is 4. The molecule has 1 aromatic heterocycles. The van der Waals surface area contributed by atoms with Gasteiger partial charge in [-0.05, 0) is 35.2 Å². The molecule has 0 unspecified atom stereocenters. The lowest BCUT2D eigenvalue weighted by Gasteiger charge is -2.24. The summed E-state index contributed by atoms with van der Waals surface area (Å²) in [7, 11) is 0. The van der Waals surface area contributed by atoms with Crippen molar-refractivity contribution < 1.29 is 37.1 Å². The molecule has 0 atom stereocenters. The van der Waals surface area contributed by atoms with Gasteiger partial charge in [-0.1, -0.05) is 32.9 Å². The second kappa shape index (κ2) is 8.96. The van der Waals surface area contributed by atoms with Crippen molar-refractivity contribution in [3.8, 4) is 17.2 Å². The van der Waals surface area contributed by atoms with E-state index in [1.54, 1.807) is 12.1 Å². The third-order valence-corrected chi connectivity index (χ3v) is 5.92. The molecule has 0 spiro atoms. The third-order valence-electron chi connectivity index (χ3n) is 5.92. The van der Waals surface area contributed by atoms with Crippen LogP contribution >= 0.6 is 0 Å². The van der Waals surface area contributed by atoms with Gasteiger partial charge in [-0.15, -0.1) is 0 Å². The predicted molar refractivity (Wildman–Crippen MR) is 120 cm³/mol. The number of benzene rings is 2. The average molecular weight is 478 g/mol. The highest BCUT2D eigenvalue weighted by molar-refractivity contribution is 5.83. The van der Waals surface area contributed by atoms with Gasteiger partial charge in [0.1, 0.15) is 31.1 Å². The van der Waals surface area contributed by atoms with Crippen molar-refractivity contribution in [3.63, 3.8) is 0 Å². The van der Waals surface area contributed by atoms with Gasteiger partial charge in [0.15, 0.2) is 5.58 Å². The highest BCUT2D eigenvalue weighted by atomic mass is 19.4. The van der Waals surface area contributed by atoms with Gasteiger partial charge in [-0.2, -0.15) is 13.2 Å². The van der Waals surface area contributed by atoms with Crippen molar-refractivity contribution in [1.82, 2.24) is 0 Å². The number of hydrogen-bond acceptors (Lipinski definition) is 5. The number of fused-ring (bicyclic) bond motifs is 1. The lowest BCUT2D eigenvalue weighted by Crippen LogP contribution is -3.12.